The fraction of sp³-hybridized carbons (Fsp3) is 0.400. The van der Waals surface area contributed by atoms with Crippen molar-refractivity contribution in [3.05, 3.63) is 50.7 Å². The molecule has 0 bridgehead atoms. The van der Waals surface area contributed by atoms with Gasteiger partial charge in [-0.25, -0.2) is 0 Å². The van der Waals surface area contributed by atoms with Crippen LogP contribution in [0.1, 0.15) is 30.6 Å². The number of hydrogen-bond acceptors (Lipinski definition) is 2. The van der Waals surface area contributed by atoms with Gasteiger partial charge in [0.1, 0.15) is 0 Å². The zero-order chi connectivity index (χ0) is 15.4. The van der Waals surface area contributed by atoms with Gasteiger partial charge in [0.15, 0.2) is 0 Å². The molecule has 0 saturated heterocycles. The lowest BCUT2D eigenvalue weighted by molar-refractivity contribution is 0.493. The topological polar surface area (TPSA) is 29.9 Å². The van der Waals surface area contributed by atoms with Crippen LogP contribution >= 0.6 is 34.8 Å². The highest BCUT2D eigenvalue weighted by atomic mass is 35.5. The summed E-state index contributed by atoms with van der Waals surface area (Å²) in [4.78, 5) is 0. The van der Waals surface area contributed by atoms with E-state index in [9.17, 15) is 0 Å². The second-order valence-electron chi connectivity index (χ2n) is 4.95. The summed E-state index contributed by atoms with van der Waals surface area (Å²) < 4.78 is 1.81. The van der Waals surface area contributed by atoms with E-state index in [1.807, 2.05) is 19.2 Å². The number of aryl methyl sites for hydroxylation is 1. The Bertz CT molecular complexity index is 591. The Balaban J connectivity index is 2.28. The highest BCUT2D eigenvalue weighted by Crippen LogP contribution is 2.29. The molecule has 1 heterocycles. The number of hydrogen-bond donors (Lipinski definition) is 1. The zero-order valence-electron chi connectivity index (χ0n) is 12.0. The van der Waals surface area contributed by atoms with Crippen molar-refractivity contribution in [3.63, 3.8) is 0 Å². The molecule has 1 atom stereocenters. The molecule has 0 spiro atoms. The van der Waals surface area contributed by atoms with Crippen molar-refractivity contribution in [2.75, 3.05) is 6.54 Å². The lowest BCUT2D eigenvalue weighted by Gasteiger charge is -2.20. The summed E-state index contributed by atoms with van der Waals surface area (Å²) in [5, 5.41) is 9.69. The maximum atomic E-state index is 6.28. The van der Waals surface area contributed by atoms with Crippen molar-refractivity contribution in [1.82, 2.24) is 15.1 Å². The van der Waals surface area contributed by atoms with Gasteiger partial charge >= 0.3 is 0 Å². The van der Waals surface area contributed by atoms with Crippen molar-refractivity contribution in [3.8, 4) is 0 Å². The van der Waals surface area contributed by atoms with Crippen molar-refractivity contribution < 1.29 is 0 Å². The molecule has 0 amide bonds. The minimum Gasteiger partial charge on any atom is -0.308 e. The molecular formula is C15H18Cl3N3. The molecule has 0 aliphatic carbocycles. The highest BCUT2D eigenvalue weighted by Gasteiger charge is 2.20. The Labute approximate surface area is 140 Å². The van der Waals surface area contributed by atoms with E-state index in [0.717, 1.165) is 30.6 Å². The molecule has 2 rings (SSSR count). The maximum absolute atomic E-state index is 6.28. The zero-order valence-corrected chi connectivity index (χ0v) is 14.3. The highest BCUT2D eigenvalue weighted by molar-refractivity contribution is 6.35. The van der Waals surface area contributed by atoms with Gasteiger partial charge in [0.2, 0.25) is 0 Å². The molecule has 0 aliphatic rings. The first kappa shape index (κ1) is 16.6. The molecule has 1 N–H and O–H groups in total. The van der Waals surface area contributed by atoms with Crippen LogP contribution in [0.3, 0.4) is 0 Å². The largest absolute Gasteiger partial charge is 0.308 e. The van der Waals surface area contributed by atoms with Gasteiger partial charge in [-0.05, 0) is 37.1 Å². The van der Waals surface area contributed by atoms with E-state index < -0.39 is 0 Å². The molecule has 3 nitrogen and oxygen atoms in total. The average Bonchev–Trinajstić information content (AvgIpc) is 2.77. The molecule has 1 unspecified atom stereocenters. The third-order valence-corrected chi connectivity index (χ3v) is 4.23. The maximum Gasteiger partial charge on any atom is 0.0834 e. The van der Waals surface area contributed by atoms with Crippen molar-refractivity contribution >= 4 is 34.8 Å². The minimum atomic E-state index is 0.0589. The molecule has 1 aromatic carbocycles. The van der Waals surface area contributed by atoms with Crippen LogP contribution in [-0.4, -0.2) is 16.3 Å². The van der Waals surface area contributed by atoms with Gasteiger partial charge in [-0.3, -0.25) is 4.68 Å². The summed E-state index contributed by atoms with van der Waals surface area (Å²) in [6.45, 7) is 3.03. The number of rotatable bonds is 6. The molecule has 0 radical (unpaired) electrons. The van der Waals surface area contributed by atoms with Crippen LogP contribution in [0.25, 0.3) is 0 Å². The van der Waals surface area contributed by atoms with Crippen LogP contribution in [0.4, 0.5) is 0 Å². The second-order valence-corrected chi connectivity index (χ2v) is 6.20. The Morgan fingerprint density at radius 2 is 2.00 bits per heavy atom. The van der Waals surface area contributed by atoms with E-state index in [4.69, 9.17) is 34.8 Å². The van der Waals surface area contributed by atoms with Crippen LogP contribution in [0.5, 0.6) is 0 Å². The number of halogens is 3. The normalized spacial score (nSPS) is 12.6. The fourth-order valence-corrected chi connectivity index (χ4v) is 3.09. The number of nitrogens with one attached hydrogen (secondary N) is 1. The molecule has 1 aromatic heterocycles. The standard InChI is InChI=1S/C15H18Cl3N3/c1-3-6-19-14(15-13(18)9-20-21(15)2)7-10-4-5-11(16)8-12(10)17/h4-5,8-9,14,19H,3,6-7H2,1-2H3. The number of nitrogens with zero attached hydrogens (tertiary/aromatic N) is 2. The third kappa shape index (κ3) is 4.13. The second kappa shape index (κ2) is 7.50. The first-order chi connectivity index (χ1) is 10.0. The molecule has 114 valence electrons. The van der Waals surface area contributed by atoms with Crippen LogP contribution in [-0.2, 0) is 13.5 Å². The van der Waals surface area contributed by atoms with Gasteiger partial charge in [-0.1, -0.05) is 47.8 Å². The fourth-order valence-electron chi connectivity index (χ4n) is 2.30. The Hall–Kier alpha value is -0.740. The monoisotopic (exact) mass is 345 g/mol. The molecule has 0 saturated carbocycles. The Kier molecular flexibility index (Phi) is 5.94. The number of aromatic nitrogens is 2. The summed E-state index contributed by atoms with van der Waals surface area (Å²) >= 11 is 18.5. The summed E-state index contributed by atoms with van der Waals surface area (Å²) in [5.41, 5.74) is 2.00. The van der Waals surface area contributed by atoms with Gasteiger partial charge in [-0.15, -0.1) is 0 Å². The minimum absolute atomic E-state index is 0.0589. The summed E-state index contributed by atoms with van der Waals surface area (Å²) in [6.07, 6.45) is 3.44. The predicted molar refractivity (Wildman–Crippen MR) is 89.4 cm³/mol. The van der Waals surface area contributed by atoms with Crippen LogP contribution in [0.15, 0.2) is 24.4 Å². The van der Waals surface area contributed by atoms with E-state index in [2.05, 4.69) is 17.3 Å². The summed E-state index contributed by atoms with van der Waals surface area (Å²) in [5.74, 6) is 0. The summed E-state index contributed by atoms with van der Waals surface area (Å²) in [6, 6.07) is 5.63. The third-order valence-electron chi connectivity index (χ3n) is 3.35. The van der Waals surface area contributed by atoms with Gasteiger partial charge in [0.25, 0.3) is 0 Å². The van der Waals surface area contributed by atoms with Gasteiger partial charge in [0, 0.05) is 17.1 Å². The number of benzene rings is 1. The van der Waals surface area contributed by atoms with Crippen LogP contribution in [0, 0.1) is 0 Å². The van der Waals surface area contributed by atoms with E-state index in [0.29, 0.717) is 15.1 Å². The van der Waals surface area contributed by atoms with Crippen molar-refractivity contribution in [2.45, 2.75) is 25.8 Å². The first-order valence-electron chi connectivity index (χ1n) is 6.87. The Morgan fingerprint density at radius 1 is 1.24 bits per heavy atom. The van der Waals surface area contributed by atoms with Gasteiger partial charge in [0.05, 0.1) is 23.0 Å². The molecule has 0 fully saturated rings. The predicted octanol–water partition coefficient (Wildman–Crippen LogP) is 4.66. The molecule has 2 aromatic rings. The van der Waals surface area contributed by atoms with Gasteiger partial charge in [-0.2, -0.15) is 5.10 Å². The SMILES string of the molecule is CCCNC(Cc1ccc(Cl)cc1Cl)c1c(Cl)cnn1C. The Morgan fingerprint density at radius 3 is 2.57 bits per heavy atom. The van der Waals surface area contributed by atoms with E-state index >= 15 is 0 Å². The first-order valence-corrected chi connectivity index (χ1v) is 8.01. The van der Waals surface area contributed by atoms with Crippen molar-refractivity contribution in [2.24, 2.45) is 7.05 Å². The molecule has 21 heavy (non-hydrogen) atoms. The van der Waals surface area contributed by atoms with Crippen LogP contribution < -0.4 is 5.32 Å². The van der Waals surface area contributed by atoms with E-state index in [-0.39, 0.29) is 6.04 Å². The smallest absolute Gasteiger partial charge is 0.0834 e. The lowest BCUT2D eigenvalue weighted by atomic mass is 10.0. The van der Waals surface area contributed by atoms with Gasteiger partial charge < -0.3 is 5.32 Å². The van der Waals surface area contributed by atoms with E-state index in [1.165, 1.54) is 0 Å². The van der Waals surface area contributed by atoms with Crippen LogP contribution in [0.2, 0.25) is 15.1 Å². The molecule has 0 aliphatic heterocycles. The van der Waals surface area contributed by atoms with Crippen molar-refractivity contribution in [1.29, 1.82) is 0 Å². The molecule has 6 heteroatoms. The average molecular weight is 347 g/mol. The van der Waals surface area contributed by atoms with E-state index in [1.54, 1.807) is 16.9 Å². The lowest BCUT2D eigenvalue weighted by Crippen LogP contribution is -2.26. The summed E-state index contributed by atoms with van der Waals surface area (Å²) in [7, 11) is 1.89. The quantitative estimate of drug-likeness (QED) is 0.824. The molecular weight excluding hydrogens is 329 g/mol.